The highest BCUT2D eigenvalue weighted by atomic mass is 16.3. The lowest BCUT2D eigenvalue weighted by Gasteiger charge is -2.01. The van der Waals surface area contributed by atoms with Crippen LogP contribution in [-0.2, 0) is 0 Å². The van der Waals surface area contributed by atoms with E-state index in [9.17, 15) is 0 Å². The third-order valence-electron chi connectivity index (χ3n) is 2.70. The van der Waals surface area contributed by atoms with Gasteiger partial charge in [0.1, 0.15) is 5.58 Å². The molecule has 2 heteroatoms. The smallest absolute Gasteiger partial charge is 0.133 e. The molecule has 2 aromatic heterocycles. The lowest BCUT2D eigenvalue weighted by atomic mass is 10.1. The van der Waals surface area contributed by atoms with Gasteiger partial charge in [-0.05, 0) is 36.8 Å². The van der Waals surface area contributed by atoms with Crippen LogP contribution in [-0.4, -0.2) is 4.98 Å². The van der Waals surface area contributed by atoms with Gasteiger partial charge in [-0.15, -0.1) is 0 Å². The molecule has 0 amide bonds. The summed E-state index contributed by atoms with van der Waals surface area (Å²) in [5, 5.41) is 1.12. The van der Waals surface area contributed by atoms with Crippen LogP contribution in [0.25, 0.3) is 22.1 Å². The maximum absolute atomic E-state index is 5.31. The molecule has 2 nitrogen and oxygen atoms in total. The Morgan fingerprint density at radius 1 is 1.00 bits per heavy atom. The van der Waals surface area contributed by atoms with E-state index in [2.05, 4.69) is 23.2 Å². The average molecular weight is 209 g/mol. The average Bonchev–Trinajstić information content (AvgIpc) is 2.77. The molecule has 0 atom stereocenters. The number of aromatic nitrogens is 1. The van der Waals surface area contributed by atoms with Gasteiger partial charge in [0.05, 0.1) is 6.26 Å². The minimum Gasteiger partial charge on any atom is -0.464 e. The maximum atomic E-state index is 5.31. The molecule has 0 saturated heterocycles. The predicted molar refractivity (Wildman–Crippen MR) is 64.2 cm³/mol. The van der Waals surface area contributed by atoms with Crippen LogP contribution in [0.15, 0.2) is 53.3 Å². The molecule has 0 fully saturated rings. The van der Waals surface area contributed by atoms with Crippen molar-refractivity contribution in [3.63, 3.8) is 0 Å². The van der Waals surface area contributed by atoms with Crippen molar-refractivity contribution in [3.8, 4) is 11.1 Å². The summed E-state index contributed by atoms with van der Waals surface area (Å²) >= 11 is 0. The SMILES string of the molecule is Cc1ccc(-c2ccc3occc3c2)cn1. The Morgan fingerprint density at radius 3 is 2.69 bits per heavy atom. The van der Waals surface area contributed by atoms with Crippen molar-refractivity contribution in [1.82, 2.24) is 4.98 Å². The van der Waals surface area contributed by atoms with Gasteiger partial charge in [-0.25, -0.2) is 0 Å². The number of hydrogen-bond donors (Lipinski definition) is 0. The van der Waals surface area contributed by atoms with Gasteiger partial charge in [0.2, 0.25) is 0 Å². The Bertz CT molecular complexity index is 623. The zero-order valence-electron chi connectivity index (χ0n) is 8.97. The molecule has 0 saturated carbocycles. The molecular weight excluding hydrogens is 198 g/mol. The third kappa shape index (κ3) is 1.48. The number of benzene rings is 1. The van der Waals surface area contributed by atoms with E-state index in [0.29, 0.717) is 0 Å². The summed E-state index contributed by atoms with van der Waals surface area (Å²) in [4.78, 5) is 4.30. The van der Waals surface area contributed by atoms with E-state index in [1.165, 1.54) is 5.56 Å². The Kier molecular flexibility index (Phi) is 2.00. The van der Waals surface area contributed by atoms with Crippen LogP contribution >= 0.6 is 0 Å². The van der Waals surface area contributed by atoms with Crippen LogP contribution in [0.4, 0.5) is 0 Å². The molecule has 1 aromatic carbocycles. The monoisotopic (exact) mass is 209 g/mol. The Morgan fingerprint density at radius 2 is 1.88 bits per heavy atom. The van der Waals surface area contributed by atoms with Crippen LogP contribution in [0, 0.1) is 6.92 Å². The second-order valence-electron chi connectivity index (χ2n) is 3.86. The molecule has 3 rings (SSSR count). The molecule has 0 N–H and O–H groups in total. The number of nitrogens with zero attached hydrogens (tertiary/aromatic N) is 1. The normalized spacial score (nSPS) is 10.8. The summed E-state index contributed by atoms with van der Waals surface area (Å²) in [5.74, 6) is 0. The summed E-state index contributed by atoms with van der Waals surface area (Å²) in [7, 11) is 0. The van der Waals surface area contributed by atoms with E-state index in [4.69, 9.17) is 4.42 Å². The fourth-order valence-corrected chi connectivity index (χ4v) is 1.78. The summed E-state index contributed by atoms with van der Waals surface area (Å²) in [6, 6.07) is 12.2. The molecule has 0 unspecified atom stereocenters. The van der Waals surface area contributed by atoms with Gasteiger partial charge < -0.3 is 4.42 Å². The van der Waals surface area contributed by atoms with Crippen LogP contribution in [0.2, 0.25) is 0 Å². The number of furan rings is 1. The van der Waals surface area contributed by atoms with E-state index in [1.54, 1.807) is 6.26 Å². The fourth-order valence-electron chi connectivity index (χ4n) is 1.78. The van der Waals surface area contributed by atoms with Crippen molar-refractivity contribution in [1.29, 1.82) is 0 Å². The van der Waals surface area contributed by atoms with Gasteiger partial charge in [-0.2, -0.15) is 0 Å². The van der Waals surface area contributed by atoms with Crippen molar-refractivity contribution < 1.29 is 4.42 Å². The lowest BCUT2D eigenvalue weighted by Crippen LogP contribution is -1.82. The number of hydrogen-bond acceptors (Lipinski definition) is 2. The maximum Gasteiger partial charge on any atom is 0.133 e. The van der Waals surface area contributed by atoms with E-state index >= 15 is 0 Å². The molecule has 2 heterocycles. The number of pyridine rings is 1. The van der Waals surface area contributed by atoms with Gasteiger partial charge in [0, 0.05) is 22.8 Å². The number of aryl methyl sites for hydroxylation is 1. The van der Waals surface area contributed by atoms with E-state index in [-0.39, 0.29) is 0 Å². The summed E-state index contributed by atoms with van der Waals surface area (Å²) in [6.07, 6.45) is 3.61. The molecule has 0 aliphatic carbocycles. The zero-order chi connectivity index (χ0) is 11.0. The molecule has 78 valence electrons. The summed E-state index contributed by atoms with van der Waals surface area (Å²) < 4.78 is 5.31. The first kappa shape index (κ1) is 9.16. The highest BCUT2D eigenvalue weighted by Gasteiger charge is 2.01. The van der Waals surface area contributed by atoms with Gasteiger partial charge in [-0.3, -0.25) is 4.98 Å². The van der Waals surface area contributed by atoms with Gasteiger partial charge in [-0.1, -0.05) is 12.1 Å². The Hall–Kier alpha value is -2.09. The van der Waals surface area contributed by atoms with Crippen molar-refractivity contribution in [3.05, 3.63) is 54.6 Å². The van der Waals surface area contributed by atoms with Crippen molar-refractivity contribution >= 4 is 11.0 Å². The van der Waals surface area contributed by atoms with Crippen molar-refractivity contribution in [2.45, 2.75) is 6.92 Å². The van der Waals surface area contributed by atoms with Crippen LogP contribution in [0.1, 0.15) is 5.69 Å². The second-order valence-corrected chi connectivity index (χ2v) is 3.86. The minimum absolute atomic E-state index is 0.920. The van der Waals surface area contributed by atoms with Crippen LogP contribution in [0.3, 0.4) is 0 Å². The van der Waals surface area contributed by atoms with Crippen LogP contribution in [0.5, 0.6) is 0 Å². The van der Waals surface area contributed by atoms with Crippen LogP contribution < -0.4 is 0 Å². The van der Waals surface area contributed by atoms with Gasteiger partial charge >= 0.3 is 0 Å². The molecular formula is C14H11NO. The quantitative estimate of drug-likeness (QED) is 0.609. The molecule has 0 aliphatic heterocycles. The molecule has 0 aliphatic rings. The lowest BCUT2D eigenvalue weighted by molar-refractivity contribution is 0.616. The second kappa shape index (κ2) is 3.49. The van der Waals surface area contributed by atoms with Crippen molar-refractivity contribution in [2.24, 2.45) is 0 Å². The van der Waals surface area contributed by atoms with Crippen molar-refractivity contribution in [2.75, 3.05) is 0 Å². The highest BCUT2D eigenvalue weighted by Crippen LogP contribution is 2.24. The first-order chi connectivity index (χ1) is 7.83. The number of fused-ring (bicyclic) bond motifs is 1. The largest absolute Gasteiger partial charge is 0.464 e. The third-order valence-corrected chi connectivity index (χ3v) is 2.70. The molecule has 0 spiro atoms. The molecule has 0 bridgehead atoms. The zero-order valence-corrected chi connectivity index (χ0v) is 8.97. The highest BCUT2D eigenvalue weighted by molar-refractivity contribution is 5.83. The summed E-state index contributed by atoms with van der Waals surface area (Å²) in [6.45, 7) is 1.99. The first-order valence-corrected chi connectivity index (χ1v) is 5.23. The topological polar surface area (TPSA) is 26.0 Å². The summed E-state index contributed by atoms with van der Waals surface area (Å²) in [5.41, 5.74) is 4.26. The Labute approximate surface area is 93.5 Å². The van der Waals surface area contributed by atoms with Gasteiger partial charge in [0.15, 0.2) is 0 Å². The van der Waals surface area contributed by atoms with E-state index in [1.807, 2.05) is 31.3 Å². The van der Waals surface area contributed by atoms with Gasteiger partial charge in [0.25, 0.3) is 0 Å². The predicted octanol–water partition coefficient (Wildman–Crippen LogP) is 3.80. The molecule has 3 aromatic rings. The van der Waals surface area contributed by atoms with E-state index < -0.39 is 0 Å². The first-order valence-electron chi connectivity index (χ1n) is 5.23. The minimum atomic E-state index is 0.920. The molecule has 0 radical (unpaired) electrons. The standard InChI is InChI=1S/C14H11NO/c1-10-2-3-13(9-15-10)11-4-5-14-12(8-11)6-7-16-14/h2-9H,1H3. The fraction of sp³-hybridized carbons (Fsp3) is 0.0714. The molecule has 16 heavy (non-hydrogen) atoms. The number of rotatable bonds is 1. The van der Waals surface area contributed by atoms with E-state index in [0.717, 1.165) is 22.2 Å². The Balaban J connectivity index is 2.14.